The lowest BCUT2D eigenvalue weighted by Gasteiger charge is -2.10. The van der Waals surface area contributed by atoms with Crippen molar-refractivity contribution < 1.29 is 22.3 Å². The summed E-state index contributed by atoms with van der Waals surface area (Å²) in [5, 5.41) is 0. The maximum atomic E-state index is 12.8. The molecule has 0 aromatic rings. The highest BCUT2D eigenvalue weighted by atomic mass is 19.4. The molecule has 74 valence electrons. The molecule has 0 radical (unpaired) electrons. The molecule has 0 spiro atoms. The quantitative estimate of drug-likeness (QED) is 0.381. The summed E-state index contributed by atoms with van der Waals surface area (Å²) < 4.78 is 51.0. The predicted molar refractivity (Wildman–Crippen MR) is 40.3 cm³/mol. The zero-order chi connectivity index (χ0) is 10.6. The summed E-state index contributed by atoms with van der Waals surface area (Å²) in [6.07, 6.45) is -4.28. The number of hydrogen-bond donors (Lipinski definition) is 0. The number of halogens is 4. The van der Waals surface area contributed by atoms with Gasteiger partial charge in [0.2, 0.25) is 0 Å². The van der Waals surface area contributed by atoms with Crippen LogP contribution in [-0.4, -0.2) is 6.36 Å². The van der Waals surface area contributed by atoms with Gasteiger partial charge >= 0.3 is 6.36 Å². The second-order valence-corrected chi connectivity index (χ2v) is 2.21. The van der Waals surface area contributed by atoms with Crippen LogP contribution in [0.2, 0.25) is 0 Å². The van der Waals surface area contributed by atoms with E-state index in [1.165, 1.54) is 6.92 Å². The average Bonchev–Trinajstić information content (AvgIpc) is 1.97. The third-order valence-corrected chi connectivity index (χ3v) is 1.00. The van der Waals surface area contributed by atoms with Crippen molar-refractivity contribution in [2.24, 2.45) is 0 Å². The summed E-state index contributed by atoms with van der Waals surface area (Å²) in [5.74, 6) is -2.13. The van der Waals surface area contributed by atoms with Crippen molar-refractivity contribution in [1.29, 1.82) is 0 Å². The molecule has 0 N–H and O–H groups in total. The minimum Gasteiger partial charge on any atom is -0.403 e. The first kappa shape index (κ1) is 11.7. The van der Waals surface area contributed by atoms with Gasteiger partial charge in [-0.2, -0.15) is 0 Å². The fourth-order valence-electron chi connectivity index (χ4n) is 0.511. The minimum atomic E-state index is -4.92. The highest BCUT2D eigenvalue weighted by Crippen LogP contribution is 2.25. The molecule has 0 bridgehead atoms. The Bertz CT molecular complexity index is 249. The van der Waals surface area contributed by atoms with Crippen LogP contribution in [0.3, 0.4) is 0 Å². The van der Waals surface area contributed by atoms with Crippen LogP contribution < -0.4 is 0 Å². The van der Waals surface area contributed by atoms with Gasteiger partial charge in [0, 0.05) is 0 Å². The number of allylic oxidation sites excluding steroid dienone is 3. The smallest absolute Gasteiger partial charge is 0.403 e. The average molecular weight is 196 g/mol. The van der Waals surface area contributed by atoms with E-state index in [2.05, 4.69) is 17.9 Å². The monoisotopic (exact) mass is 196 g/mol. The number of ether oxygens (including phenoxy) is 1. The SMILES string of the molecule is C=C/C(OC(F)(F)F)=C(/F)C(=C)C. The van der Waals surface area contributed by atoms with E-state index in [0.717, 1.165) is 0 Å². The van der Waals surface area contributed by atoms with Gasteiger partial charge in [-0.1, -0.05) is 13.2 Å². The van der Waals surface area contributed by atoms with Gasteiger partial charge in [0.05, 0.1) is 0 Å². The Morgan fingerprint density at radius 2 is 1.85 bits per heavy atom. The third kappa shape index (κ3) is 4.35. The molecule has 0 atom stereocenters. The van der Waals surface area contributed by atoms with Crippen LogP contribution in [0, 0.1) is 0 Å². The number of hydrogen-bond acceptors (Lipinski definition) is 1. The molecule has 0 heterocycles. The molecular weight excluding hydrogens is 188 g/mol. The second-order valence-electron chi connectivity index (χ2n) is 2.21. The number of alkyl halides is 3. The van der Waals surface area contributed by atoms with E-state index in [0.29, 0.717) is 6.08 Å². The van der Waals surface area contributed by atoms with E-state index in [4.69, 9.17) is 0 Å². The molecule has 5 heteroatoms. The van der Waals surface area contributed by atoms with Crippen LogP contribution in [0.25, 0.3) is 0 Å². The molecule has 0 saturated carbocycles. The van der Waals surface area contributed by atoms with Gasteiger partial charge < -0.3 is 4.74 Å². The van der Waals surface area contributed by atoms with E-state index in [1.54, 1.807) is 0 Å². The normalized spacial score (nSPS) is 13.3. The van der Waals surface area contributed by atoms with Crippen molar-refractivity contribution in [3.8, 4) is 0 Å². The van der Waals surface area contributed by atoms with Gasteiger partial charge in [-0.05, 0) is 18.6 Å². The molecular formula is C8H8F4O. The Morgan fingerprint density at radius 3 is 2.08 bits per heavy atom. The lowest BCUT2D eigenvalue weighted by Crippen LogP contribution is -2.12. The van der Waals surface area contributed by atoms with Crippen LogP contribution in [0.5, 0.6) is 0 Å². The van der Waals surface area contributed by atoms with Gasteiger partial charge in [0.15, 0.2) is 11.6 Å². The lowest BCUT2D eigenvalue weighted by atomic mass is 10.2. The number of rotatable bonds is 3. The topological polar surface area (TPSA) is 9.23 Å². The van der Waals surface area contributed by atoms with Gasteiger partial charge in [0.1, 0.15) is 0 Å². The van der Waals surface area contributed by atoms with Crippen molar-refractivity contribution in [1.82, 2.24) is 0 Å². The maximum absolute atomic E-state index is 12.8. The standard InChI is InChI=1S/C8H8F4O/c1-4-6(7(9)5(2)3)13-8(10,11)12/h4H,1-2H2,3H3/b7-6-. The first-order valence-corrected chi connectivity index (χ1v) is 3.21. The summed E-state index contributed by atoms with van der Waals surface area (Å²) in [5.41, 5.74) is -0.154. The largest absolute Gasteiger partial charge is 0.573 e. The van der Waals surface area contributed by atoms with Crippen molar-refractivity contribution >= 4 is 0 Å². The van der Waals surface area contributed by atoms with E-state index in [1.807, 2.05) is 0 Å². The van der Waals surface area contributed by atoms with Crippen molar-refractivity contribution in [2.75, 3.05) is 0 Å². The van der Waals surface area contributed by atoms with E-state index in [-0.39, 0.29) is 5.57 Å². The first-order valence-electron chi connectivity index (χ1n) is 3.21. The van der Waals surface area contributed by atoms with Crippen molar-refractivity contribution in [2.45, 2.75) is 13.3 Å². The summed E-state index contributed by atoms with van der Waals surface area (Å²) in [7, 11) is 0. The lowest BCUT2D eigenvalue weighted by molar-refractivity contribution is -0.304. The predicted octanol–water partition coefficient (Wildman–Crippen LogP) is 3.47. The van der Waals surface area contributed by atoms with Crippen molar-refractivity contribution in [3.05, 3.63) is 36.4 Å². The minimum absolute atomic E-state index is 0.154. The molecule has 0 unspecified atom stereocenters. The Morgan fingerprint density at radius 1 is 1.38 bits per heavy atom. The van der Waals surface area contributed by atoms with Crippen LogP contribution in [0.4, 0.5) is 17.6 Å². The molecule has 0 rings (SSSR count). The molecule has 0 aromatic carbocycles. The second kappa shape index (κ2) is 4.11. The first-order chi connectivity index (χ1) is 5.78. The molecule has 0 fully saturated rings. The van der Waals surface area contributed by atoms with Crippen LogP contribution in [0.15, 0.2) is 36.4 Å². The molecule has 0 saturated heterocycles. The molecule has 0 amide bonds. The summed E-state index contributed by atoms with van der Waals surface area (Å²) in [4.78, 5) is 0. The summed E-state index contributed by atoms with van der Waals surface area (Å²) >= 11 is 0. The molecule has 1 nitrogen and oxygen atoms in total. The van der Waals surface area contributed by atoms with E-state index >= 15 is 0 Å². The van der Waals surface area contributed by atoms with Gasteiger partial charge in [-0.25, -0.2) is 4.39 Å². The van der Waals surface area contributed by atoms with E-state index in [9.17, 15) is 17.6 Å². The Hall–Kier alpha value is -1.26. The highest BCUT2D eigenvalue weighted by Gasteiger charge is 2.32. The van der Waals surface area contributed by atoms with Crippen LogP contribution in [0.1, 0.15) is 6.92 Å². The molecule has 13 heavy (non-hydrogen) atoms. The molecule has 0 aliphatic heterocycles. The van der Waals surface area contributed by atoms with E-state index < -0.39 is 17.9 Å². The maximum Gasteiger partial charge on any atom is 0.573 e. The Kier molecular flexibility index (Phi) is 3.71. The molecule has 0 aliphatic carbocycles. The van der Waals surface area contributed by atoms with Gasteiger partial charge in [-0.15, -0.1) is 13.2 Å². The van der Waals surface area contributed by atoms with Crippen LogP contribution in [-0.2, 0) is 4.74 Å². The Balaban J connectivity index is 4.81. The molecule has 0 aromatic heterocycles. The fourth-order valence-corrected chi connectivity index (χ4v) is 0.511. The zero-order valence-corrected chi connectivity index (χ0v) is 6.91. The molecule has 0 aliphatic rings. The Labute approximate surface area is 73.0 Å². The van der Waals surface area contributed by atoms with Crippen LogP contribution >= 0.6 is 0 Å². The van der Waals surface area contributed by atoms with Gasteiger partial charge in [-0.3, -0.25) is 0 Å². The zero-order valence-electron chi connectivity index (χ0n) is 6.91. The summed E-state index contributed by atoms with van der Waals surface area (Å²) in [6, 6.07) is 0. The van der Waals surface area contributed by atoms with Gasteiger partial charge in [0.25, 0.3) is 0 Å². The highest BCUT2D eigenvalue weighted by molar-refractivity contribution is 5.28. The fraction of sp³-hybridized carbons (Fsp3) is 0.250. The third-order valence-electron chi connectivity index (χ3n) is 1.00. The van der Waals surface area contributed by atoms with Crippen molar-refractivity contribution in [3.63, 3.8) is 0 Å². The summed E-state index contributed by atoms with van der Waals surface area (Å²) in [6.45, 7) is 7.33.